The minimum atomic E-state index is -0.214. The molecule has 3 nitrogen and oxygen atoms in total. The van der Waals surface area contributed by atoms with E-state index in [0.29, 0.717) is 6.42 Å². The maximum absolute atomic E-state index is 9.62. The van der Waals surface area contributed by atoms with Gasteiger partial charge in [-0.25, -0.2) is 0 Å². The van der Waals surface area contributed by atoms with E-state index >= 15 is 0 Å². The standard InChI is InChI=1S/C14H16N2O/c1-9-2-4-10(5-3-9)14-12-7-6-11(17)8-13(12)15-16-14/h2-5,11,17H,6-8H2,1H3,(H,15,16). The van der Waals surface area contributed by atoms with Crippen LogP contribution >= 0.6 is 0 Å². The molecule has 2 aromatic rings. The number of aryl methyl sites for hydroxylation is 1. The molecule has 1 heterocycles. The first-order valence-electron chi connectivity index (χ1n) is 6.05. The van der Waals surface area contributed by atoms with Gasteiger partial charge < -0.3 is 5.11 Å². The van der Waals surface area contributed by atoms with E-state index in [1.165, 1.54) is 11.1 Å². The van der Waals surface area contributed by atoms with Crippen molar-refractivity contribution in [3.8, 4) is 11.3 Å². The van der Waals surface area contributed by atoms with Crippen LogP contribution in [-0.4, -0.2) is 21.4 Å². The molecule has 0 aliphatic heterocycles. The Morgan fingerprint density at radius 1 is 1.29 bits per heavy atom. The van der Waals surface area contributed by atoms with Crippen LogP contribution in [0.3, 0.4) is 0 Å². The van der Waals surface area contributed by atoms with Gasteiger partial charge in [-0.05, 0) is 19.8 Å². The minimum absolute atomic E-state index is 0.214. The zero-order valence-electron chi connectivity index (χ0n) is 9.90. The van der Waals surface area contributed by atoms with E-state index in [1.54, 1.807) is 0 Å². The predicted octanol–water partition coefficient (Wildman–Crippen LogP) is 2.23. The number of H-pyrrole nitrogens is 1. The second kappa shape index (κ2) is 4.00. The van der Waals surface area contributed by atoms with Crippen molar-refractivity contribution in [2.24, 2.45) is 0 Å². The summed E-state index contributed by atoms with van der Waals surface area (Å²) in [5.74, 6) is 0. The average Bonchev–Trinajstić information content (AvgIpc) is 2.73. The maximum atomic E-state index is 9.62. The molecule has 1 aliphatic rings. The summed E-state index contributed by atoms with van der Waals surface area (Å²) in [4.78, 5) is 0. The van der Waals surface area contributed by atoms with Crippen LogP contribution in [0.1, 0.15) is 23.2 Å². The van der Waals surface area contributed by atoms with E-state index < -0.39 is 0 Å². The summed E-state index contributed by atoms with van der Waals surface area (Å²) in [6.45, 7) is 2.08. The Morgan fingerprint density at radius 2 is 2.06 bits per heavy atom. The molecule has 0 spiro atoms. The Kier molecular flexibility index (Phi) is 2.48. The SMILES string of the molecule is Cc1ccc(-c2n[nH]c3c2CCC(O)C3)cc1. The Balaban J connectivity index is 2.02. The van der Waals surface area contributed by atoms with Crippen molar-refractivity contribution in [2.45, 2.75) is 32.3 Å². The highest BCUT2D eigenvalue weighted by Gasteiger charge is 2.22. The molecule has 1 aromatic carbocycles. The zero-order valence-corrected chi connectivity index (χ0v) is 9.90. The summed E-state index contributed by atoms with van der Waals surface area (Å²) >= 11 is 0. The highest BCUT2D eigenvalue weighted by molar-refractivity contribution is 5.64. The molecular weight excluding hydrogens is 212 g/mol. The molecule has 88 valence electrons. The van der Waals surface area contributed by atoms with Gasteiger partial charge in [0.2, 0.25) is 0 Å². The predicted molar refractivity (Wildman–Crippen MR) is 66.8 cm³/mol. The van der Waals surface area contributed by atoms with Crippen LogP contribution in [0, 0.1) is 6.92 Å². The average molecular weight is 228 g/mol. The molecule has 3 heteroatoms. The molecule has 17 heavy (non-hydrogen) atoms. The van der Waals surface area contributed by atoms with Gasteiger partial charge in [0, 0.05) is 23.2 Å². The molecule has 0 fully saturated rings. The van der Waals surface area contributed by atoms with Gasteiger partial charge in [0.1, 0.15) is 0 Å². The van der Waals surface area contributed by atoms with Gasteiger partial charge in [-0.1, -0.05) is 29.8 Å². The van der Waals surface area contributed by atoms with Crippen molar-refractivity contribution < 1.29 is 5.11 Å². The van der Waals surface area contributed by atoms with Gasteiger partial charge >= 0.3 is 0 Å². The molecule has 0 saturated carbocycles. The molecule has 1 aromatic heterocycles. The third kappa shape index (κ3) is 1.87. The second-order valence-electron chi connectivity index (χ2n) is 4.79. The Labute approximate surface area is 100 Å². The number of aliphatic hydroxyl groups excluding tert-OH is 1. The lowest BCUT2D eigenvalue weighted by molar-refractivity contribution is 0.157. The number of hydrogen-bond acceptors (Lipinski definition) is 2. The van der Waals surface area contributed by atoms with Gasteiger partial charge in [-0.15, -0.1) is 0 Å². The lowest BCUT2D eigenvalue weighted by atomic mass is 9.92. The van der Waals surface area contributed by atoms with Crippen molar-refractivity contribution in [3.63, 3.8) is 0 Å². The zero-order chi connectivity index (χ0) is 11.8. The van der Waals surface area contributed by atoms with Gasteiger partial charge in [0.15, 0.2) is 0 Å². The summed E-state index contributed by atoms with van der Waals surface area (Å²) in [5, 5.41) is 17.1. The summed E-state index contributed by atoms with van der Waals surface area (Å²) in [5.41, 5.74) is 5.84. The fourth-order valence-electron chi connectivity index (χ4n) is 2.44. The number of aliphatic hydroxyl groups is 1. The number of aromatic nitrogens is 2. The van der Waals surface area contributed by atoms with Crippen molar-refractivity contribution in [2.75, 3.05) is 0 Å². The Hall–Kier alpha value is -1.61. The highest BCUT2D eigenvalue weighted by Crippen LogP contribution is 2.29. The first-order valence-corrected chi connectivity index (χ1v) is 6.05. The van der Waals surface area contributed by atoms with Crippen LogP contribution < -0.4 is 0 Å². The number of nitrogens with zero attached hydrogens (tertiary/aromatic N) is 1. The molecule has 3 rings (SSSR count). The van der Waals surface area contributed by atoms with E-state index in [-0.39, 0.29) is 6.10 Å². The van der Waals surface area contributed by atoms with Crippen molar-refractivity contribution >= 4 is 0 Å². The second-order valence-corrected chi connectivity index (χ2v) is 4.79. The number of benzene rings is 1. The summed E-state index contributed by atoms with van der Waals surface area (Å²) in [6, 6.07) is 8.43. The quantitative estimate of drug-likeness (QED) is 0.786. The molecule has 1 aliphatic carbocycles. The number of rotatable bonds is 1. The summed E-state index contributed by atoms with van der Waals surface area (Å²) < 4.78 is 0. The third-order valence-corrected chi connectivity index (χ3v) is 3.45. The largest absolute Gasteiger partial charge is 0.393 e. The van der Waals surface area contributed by atoms with Crippen LogP contribution in [-0.2, 0) is 12.8 Å². The van der Waals surface area contributed by atoms with Crippen LogP contribution in [0.2, 0.25) is 0 Å². The lowest BCUT2D eigenvalue weighted by Crippen LogP contribution is -2.18. The van der Waals surface area contributed by atoms with Gasteiger partial charge in [0.05, 0.1) is 11.8 Å². The molecule has 0 amide bonds. The first kappa shape index (κ1) is 10.5. The summed E-state index contributed by atoms with van der Waals surface area (Å²) in [6.07, 6.45) is 2.24. The normalized spacial score (nSPS) is 19.1. The van der Waals surface area contributed by atoms with Crippen molar-refractivity contribution in [1.29, 1.82) is 0 Å². The number of nitrogens with one attached hydrogen (secondary N) is 1. The van der Waals surface area contributed by atoms with Crippen LogP contribution in [0.25, 0.3) is 11.3 Å². The maximum Gasteiger partial charge on any atom is 0.0955 e. The number of aromatic amines is 1. The third-order valence-electron chi connectivity index (χ3n) is 3.45. The van der Waals surface area contributed by atoms with E-state index in [9.17, 15) is 5.11 Å². The molecule has 0 radical (unpaired) electrons. The van der Waals surface area contributed by atoms with E-state index in [4.69, 9.17) is 0 Å². The van der Waals surface area contributed by atoms with E-state index in [2.05, 4.69) is 41.4 Å². The minimum Gasteiger partial charge on any atom is -0.393 e. The number of hydrogen-bond donors (Lipinski definition) is 2. The molecule has 1 unspecified atom stereocenters. The van der Waals surface area contributed by atoms with Gasteiger partial charge in [-0.2, -0.15) is 5.10 Å². The Bertz CT molecular complexity index is 528. The molecule has 0 bridgehead atoms. The number of fused-ring (bicyclic) bond motifs is 1. The van der Waals surface area contributed by atoms with Crippen LogP contribution in [0.4, 0.5) is 0 Å². The lowest BCUT2D eigenvalue weighted by Gasteiger charge is -2.17. The van der Waals surface area contributed by atoms with Crippen LogP contribution in [0.5, 0.6) is 0 Å². The molecule has 0 saturated heterocycles. The van der Waals surface area contributed by atoms with E-state index in [1.807, 2.05) is 0 Å². The fraction of sp³-hybridized carbons (Fsp3) is 0.357. The molecule has 2 N–H and O–H groups in total. The monoisotopic (exact) mass is 228 g/mol. The van der Waals surface area contributed by atoms with Gasteiger partial charge in [-0.3, -0.25) is 5.10 Å². The van der Waals surface area contributed by atoms with Crippen molar-refractivity contribution in [1.82, 2.24) is 10.2 Å². The summed E-state index contributed by atoms with van der Waals surface area (Å²) in [7, 11) is 0. The first-order chi connectivity index (χ1) is 8.24. The van der Waals surface area contributed by atoms with Crippen molar-refractivity contribution in [3.05, 3.63) is 41.1 Å². The fourth-order valence-corrected chi connectivity index (χ4v) is 2.44. The van der Waals surface area contributed by atoms with Crippen LogP contribution in [0.15, 0.2) is 24.3 Å². The van der Waals surface area contributed by atoms with Gasteiger partial charge in [0.25, 0.3) is 0 Å². The molecular formula is C14H16N2O. The Morgan fingerprint density at radius 3 is 2.82 bits per heavy atom. The topological polar surface area (TPSA) is 48.9 Å². The highest BCUT2D eigenvalue weighted by atomic mass is 16.3. The molecule has 1 atom stereocenters. The smallest absolute Gasteiger partial charge is 0.0955 e. The van der Waals surface area contributed by atoms with E-state index in [0.717, 1.165) is 29.8 Å².